The van der Waals surface area contributed by atoms with Gasteiger partial charge in [0.15, 0.2) is 5.17 Å². The summed E-state index contributed by atoms with van der Waals surface area (Å²) in [6, 6.07) is 10.5. The van der Waals surface area contributed by atoms with Gasteiger partial charge in [0.2, 0.25) is 0 Å². The van der Waals surface area contributed by atoms with Crippen LogP contribution in [-0.2, 0) is 0 Å². The molecule has 0 saturated carbocycles. The zero-order valence-electron chi connectivity index (χ0n) is 11.6. The van der Waals surface area contributed by atoms with Gasteiger partial charge in [-0.15, -0.1) is 0 Å². The van der Waals surface area contributed by atoms with Crippen molar-refractivity contribution < 1.29 is 4.74 Å². The summed E-state index contributed by atoms with van der Waals surface area (Å²) in [6.07, 6.45) is 2.16. The molecule has 0 aliphatic carbocycles. The Labute approximate surface area is 119 Å². The highest BCUT2D eigenvalue weighted by molar-refractivity contribution is 8.14. The van der Waals surface area contributed by atoms with Crippen LogP contribution < -0.4 is 10.1 Å². The number of aliphatic imine (C=N–C) groups is 1. The number of rotatable bonds is 5. The van der Waals surface area contributed by atoms with Gasteiger partial charge in [-0.25, -0.2) is 0 Å². The summed E-state index contributed by atoms with van der Waals surface area (Å²) in [5, 5.41) is 5.18. The molecule has 1 heterocycles. The lowest BCUT2D eigenvalue weighted by Gasteiger charge is -2.26. The largest absolute Gasteiger partial charge is 0.494 e. The molecule has 0 radical (unpaired) electrons. The maximum atomic E-state index is 5.64. The lowest BCUT2D eigenvalue weighted by atomic mass is 10.2. The third-order valence-corrected chi connectivity index (χ3v) is 4.00. The molecule has 1 N–H and O–H groups in total. The van der Waals surface area contributed by atoms with E-state index in [4.69, 9.17) is 4.74 Å². The van der Waals surface area contributed by atoms with E-state index in [1.807, 2.05) is 42.1 Å². The van der Waals surface area contributed by atoms with Crippen LogP contribution in [0.25, 0.3) is 0 Å². The normalized spacial score (nSPS) is 25.1. The van der Waals surface area contributed by atoms with Gasteiger partial charge in [-0.1, -0.05) is 36.9 Å². The first kappa shape index (κ1) is 14.3. The van der Waals surface area contributed by atoms with Gasteiger partial charge >= 0.3 is 0 Å². The molecule has 1 fully saturated rings. The van der Waals surface area contributed by atoms with E-state index in [2.05, 4.69) is 24.2 Å². The van der Waals surface area contributed by atoms with Gasteiger partial charge < -0.3 is 10.1 Å². The van der Waals surface area contributed by atoms with E-state index < -0.39 is 0 Å². The monoisotopic (exact) mass is 278 g/mol. The van der Waals surface area contributed by atoms with E-state index in [9.17, 15) is 0 Å². The van der Waals surface area contributed by atoms with E-state index in [1.165, 1.54) is 6.42 Å². The summed E-state index contributed by atoms with van der Waals surface area (Å²) in [6.45, 7) is 6.01. The number of nitrogens with zero attached hydrogens (tertiary/aromatic N) is 1. The first-order valence-corrected chi connectivity index (χ1v) is 7.77. The predicted octanol–water partition coefficient (Wildman–Crippen LogP) is 3.32. The number of ether oxygens (including phenoxy) is 1. The number of amidine groups is 1. The molecule has 1 aromatic rings. The minimum Gasteiger partial charge on any atom is -0.494 e. The molecule has 2 rings (SSSR count). The maximum Gasteiger partial charge on any atom is 0.157 e. The second-order valence-corrected chi connectivity index (χ2v) is 6.34. The number of hydrogen-bond donors (Lipinski definition) is 1. The number of nitrogens with one attached hydrogen (secondary N) is 1. The lowest BCUT2D eigenvalue weighted by molar-refractivity contribution is 0.313. The number of hydrogen-bond acceptors (Lipinski definition) is 3. The SMILES string of the molecule is CC1CC(C)SC(=NCCCOc2ccccc2)N1. The number of thioether (sulfide) groups is 1. The topological polar surface area (TPSA) is 33.6 Å². The number of para-hydroxylation sites is 1. The van der Waals surface area contributed by atoms with Crippen molar-refractivity contribution >= 4 is 16.9 Å². The van der Waals surface area contributed by atoms with Crippen LogP contribution in [0.3, 0.4) is 0 Å². The van der Waals surface area contributed by atoms with Crippen molar-refractivity contribution in [2.75, 3.05) is 13.2 Å². The molecule has 19 heavy (non-hydrogen) atoms. The summed E-state index contributed by atoms with van der Waals surface area (Å²) >= 11 is 1.84. The van der Waals surface area contributed by atoms with Crippen LogP contribution in [0.5, 0.6) is 5.75 Å². The second-order valence-electron chi connectivity index (χ2n) is 4.91. The molecule has 0 spiro atoms. The molecule has 1 aliphatic rings. The van der Waals surface area contributed by atoms with Crippen LogP contribution in [0.15, 0.2) is 35.3 Å². The molecule has 2 atom stereocenters. The smallest absolute Gasteiger partial charge is 0.157 e. The molecule has 0 amide bonds. The van der Waals surface area contributed by atoms with Gasteiger partial charge in [0.05, 0.1) is 6.61 Å². The Balaban J connectivity index is 1.66. The van der Waals surface area contributed by atoms with E-state index in [0.717, 1.165) is 30.5 Å². The van der Waals surface area contributed by atoms with Gasteiger partial charge in [-0.05, 0) is 25.5 Å². The van der Waals surface area contributed by atoms with Gasteiger partial charge in [0.1, 0.15) is 5.75 Å². The van der Waals surface area contributed by atoms with E-state index in [-0.39, 0.29) is 0 Å². The van der Waals surface area contributed by atoms with Crippen LogP contribution in [0, 0.1) is 0 Å². The summed E-state index contributed by atoms with van der Waals surface area (Å²) in [5.41, 5.74) is 0. The quantitative estimate of drug-likeness (QED) is 0.839. The van der Waals surface area contributed by atoms with Crippen LogP contribution in [0.4, 0.5) is 0 Å². The highest BCUT2D eigenvalue weighted by atomic mass is 32.2. The third kappa shape index (κ3) is 5.15. The molecule has 1 aliphatic heterocycles. The fourth-order valence-corrected chi connectivity index (χ4v) is 3.28. The van der Waals surface area contributed by atoms with Crippen molar-refractivity contribution in [3.05, 3.63) is 30.3 Å². The molecule has 3 nitrogen and oxygen atoms in total. The molecule has 1 aromatic carbocycles. The van der Waals surface area contributed by atoms with Crippen molar-refractivity contribution in [1.82, 2.24) is 5.32 Å². The standard InChI is InChI=1S/C15H22N2OS/c1-12-11-13(2)19-15(17-12)16-9-6-10-18-14-7-4-3-5-8-14/h3-5,7-8,12-13H,6,9-11H2,1-2H3,(H,16,17). The van der Waals surface area contributed by atoms with Gasteiger partial charge in [0, 0.05) is 24.3 Å². The Morgan fingerprint density at radius 2 is 2.11 bits per heavy atom. The fourth-order valence-electron chi connectivity index (χ4n) is 2.08. The lowest BCUT2D eigenvalue weighted by Crippen LogP contribution is -2.38. The Morgan fingerprint density at radius 1 is 1.32 bits per heavy atom. The van der Waals surface area contributed by atoms with Crippen molar-refractivity contribution in [2.45, 2.75) is 38.0 Å². The molecule has 0 aromatic heterocycles. The van der Waals surface area contributed by atoms with E-state index in [0.29, 0.717) is 11.3 Å². The molecule has 2 unspecified atom stereocenters. The maximum absolute atomic E-state index is 5.64. The van der Waals surface area contributed by atoms with Gasteiger partial charge in [0.25, 0.3) is 0 Å². The third-order valence-electron chi connectivity index (χ3n) is 2.94. The Kier molecular flexibility index (Phi) is 5.58. The van der Waals surface area contributed by atoms with Crippen molar-refractivity contribution in [2.24, 2.45) is 4.99 Å². The predicted molar refractivity (Wildman–Crippen MR) is 83.1 cm³/mol. The molecular formula is C15H22N2OS. The summed E-state index contributed by atoms with van der Waals surface area (Å²) < 4.78 is 5.64. The molecule has 4 heteroatoms. The Morgan fingerprint density at radius 3 is 2.84 bits per heavy atom. The minimum atomic E-state index is 0.538. The molecule has 104 valence electrons. The second kappa shape index (κ2) is 7.43. The summed E-state index contributed by atoms with van der Waals surface area (Å²) in [7, 11) is 0. The fraction of sp³-hybridized carbons (Fsp3) is 0.533. The molecule has 1 saturated heterocycles. The highest BCUT2D eigenvalue weighted by Crippen LogP contribution is 2.22. The zero-order valence-corrected chi connectivity index (χ0v) is 12.5. The molecular weight excluding hydrogens is 256 g/mol. The van der Waals surface area contributed by atoms with Gasteiger partial charge in [-0.2, -0.15) is 0 Å². The number of benzene rings is 1. The van der Waals surface area contributed by atoms with E-state index >= 15 is 0 Å². The average molecular weight is 278 g/mol. The summed E-state index contributed by atoms with van der Waals surface area (Å²) in [5.74, 6) is 0.933. The van der Waals surface area contributed by atoms with Crippen LogP contribution in [0.1, 0.15) is 26.7 Å². The van der Waals surface area contributed by atoms with Crippen molar-refractivity contribution in [3.63, 3.8) is 0 Å². The van der Waals surface area contributed by atoms with Crippen LogP contribution in [0.2, 0.25) is 0 Å². The van der Waals surface area contributed by atoms with Crippen LogP contribution >= 0.6 is 11.8 Å². The Bertz CT molecular complexity index is 396. The molecule has 0 bridgehead atoms. The summed E-state index contributed by atoms with van der Waals surface area (Å²) in [4.78, 5) is 4.60. The highest BCUT2D eigenvalue weighted by Gasteiger charge is 2.19. The average Bonchev–Trinajstić information content (AvgIpc) is 2.38. The first-order chi connectivity index (χ1) is 9.24. The van der Waals surface area contributed by atoms with Crippen LogP contribution in [-0.4, -0.2) is 29.6 Å². The zero-order chi connectivity index (χ0) is 13.5. The van der Waals surface area contributed by atoms with Gasteiger partial charge in [-0.3, -0.25) is 4.99 Å². The Hall–Kier alpha value is -1.16. The van der Waals surface area contributed by atoms with Crippen molar-refractivity contribution in [3.8, 4) is 5.75 Å². The minimum absolute atomic E-state index is 0.538. The first-order valence-electron chi connectivity index (χ1n) is 6.89. The van der Waals surface area contributed by atoms with Crippen molar-refractivity contribution in [1.29, 1.82) is 0 Å². The van der Waals surface area contributed by atoms with E-state index in [1.54, 1.807) is 0 Å².